The number of halogens is 5. The molecule has 0 radical (unpaired) electrons. The van der Waals surface area contributed by atoms with E-state index < -0.39 is 59.9 Å². The van der Waals surface area contributed by atoms with Crippen molar-refractivity contribution >= 4 is 79.7 Å². The molecule has 0 aromatic heterocycles. The van der Waals surface area contributed by atoms with Gasteiger partial charge in [0.1, 0.15) is 58.2 Å². The minimum absolute atomic E-state index is 0.0229. The topological polar surface area (TPSA) is 221 Å². The lowest BCUT2D eigenvalue weighted by molar-refractivity contribution is -0.597. The maximum atomic E-state index is 13.9. The highest BCUT2D eigenvalue weighted by Crippen LogP contribution is 2.60. The Labute approximate surface area is 861 Å². The summed E-state index contributed by atoms with van der Waals surface area (Å²) in [6.45, 7) is 24.7. The number of aryl methyl sites for hydroxylation is 1. The monoisotopic (exact) mass is 2110 g/mol. The third-order valence-electron chi connectivity index (χ3n) is 26.6. The lowest BCUT2D eigenvalue weighted by atomic mass is 9.50. The maximum Gasteiger partial charge on any atom is 0.357 e. The van der Waals surface area contributed by atoms with Crippen LogP contribution in [0.15, 0.2) is 251 Å². The molecule has 9 aromatic carbocycles. The van der Waals surface area contributed by atoms with Crippen LogP contribution in [0.4, 0.5) is 17.6 Å². The summed E-state index contributed by atoms with van der Waals surface area (Å²) in [4.78, 5) is 96.3. The lowest BCUT2D eigenvalue weighted by Gasteiger charge is -2.56. The van der Waals surface area contributed by atoms with Crippen LogP contribution in [-0.4, -0.2) is 137 Å². The second-order valence-electron chi connectivity index (χ2n) is 39.6. The van der Waals surface area contributed by atoms with Crippen LogP contribution in [0.25, 0.3) is 5.32 Å². The molecule has 762 valence electrons. The first-order chi connectivity index (χ1) is 67.8. The van der Waals surface area contributed by atoms with Crippen molar-refractivity contribution in [3.8, 4) is 23.3 Å². The Morgan fingerprint density at radius 2 is 0.993 bits per heavy atom. The van der Waals surface area contributed by atoms with Crippen LogP contribution < -0.4 is 30.7 Å². The molecule has 0 spiro atoms. The quantitative estimate of drug-likeness (QED) is 0.00622. The highest BCUT2D eigenvalue weighted by atomic mass is 127. The fourth-order valence-electron chi connectivity index (χ4n) is 18.8. The van der Waals surface area contributed by atoms with E-state index in [9.17, 15) is 55.9 Å². The molecule has 6 saturated carbocycles. The number of hydrogen-bond donors (Lipinski definition) is 0. The number of ketones is 4. The van der Waals surface area contributed by atoms with Crippen molar-refractivity contribution in [3.05, 3.63) is 288 Å². The molecule has 2 aliphatic heterocycles. The molecule has 8 aliphatic rings. The summed E-state index contributed by atoms with van der Waals surface area (Å²) in [7, 11) is 1.90. The molecule has 23 heteroatoms. The van der Waals surface area contributed by atoms with Gasteiger partial charge in [-0.3, -0.25) is 19.2 Å². The van der Waals surface area contributed by atoms with Gasteiger partial charge in [0.05, 0.1) is 24.1 Å². The van der Waals surface area contributed by atoms with Crippen molar-refractivity contribution in [3.63, 3.8) is 0 Å². The molecule has 0 N–H and O–H groups in total. The number of esters is 4. The first-order valence-corrected chi connectivity index (χ1v) is 57.1. The van der Waals surface area contributed by atoms with Crippen molar-refractivity contribution in [1.29, 1.82) is 5.26 Å². The minimum atomic E-state index is -2.62. The summed E-state index contributed by atoms with van der Waals surface area (Å²) < 4.78 is 81.0. The molecule has 4 atom stereocenters. The summed E-state index contributed by atoms with van der Waals surface area (Å²) in [5.74, 6) is 7.93. The zero-order valence-electron chi connectivity index (χ0n) is 85.7. The normalized spacial score (nSPS) is 18.8. The molecule has 4 unspecified atom stereocenters. The predicted octanol–water partition coefficient (Wildman–Crippen LogP) is 24.7. The van der Waals surface area contributed by atoms with Crippen molar-refractivity contribution in [1.82, 2.24) is 0 Å². The number of para-hydroxylation sites is 1. The number of hydrogen-bond acceptors (Lipinski definition) is 14. The van der Waals surface area contributed by atoms with Gasteiger partial charge >= 0.3 is 45.1 Å². The Kier molecular flexibility index (Phi) is 47.2. The molecule has 6 aliphatic carbocycles. The van der Waals surface area contributed by atoms with Gasteiger partial charge < -0.3 is 29.0 Å². The second kappa shape index (κ2) is 57.8. The third kappa shape index (κ3) is 36.2. The number of nitriles is 1. The Bertz CT molecular complexity index is 5310. The molecular formula is C119H148F4IN2O13S3+3. The number of carbonyl (C=O) groups is 8. The van der Waals surface area contributed by atoms with Crippen LogP contribution >= 0.6 is 0 Å². The minimum Gasteiger partial charge on any atom is -0.661 e. The van der Waals surface area contributed by atoms with E-state index in [1.54, 1.807) is 6.92 Å². The number of nitrogens with zero attached hydrogens (tertiary/aromatic N) is 2. The van der Waals surface area contributed by atoms with Crippen LogP contribution in [0, 0.1) is 48.6 Å². The summed E-state index contributed by atoms with van der Waals surface area (Å²) >= 11 is 0.0287. The van der Waals surface area contributed by atoms with Crippen molar-refractivity contribution in [2.45, 2.75) is 292 Å². The van der Waals surface area contributed by atoms with Gasteiger partial charge in [0.2, 0.25) is 11.6 Å². The summed E-state index contributed by atoms with van der Waals surface area (Å²) in [5.41, 5.74) is 2.58. The van der Waals surface area contributed by atoms with Crippen LogP contribution in [0.2, 0.25) is 0 Å². The first-order valence-electron chi connectivity index (χ1n) is 50.4. The van der Waals surface area contributed by atoms with Gasteiger partial charge in [-0.2, -0.15) is 12.3 Å². The molecule has 0 amide bonds. The number of ether oxygens (including phenoxy) is 5. The van der Waals surface area contributed by atoms with Crippen molar-refractivity contribution in [2.75, 3.05) is 55.6 Å². The van der Waals surface area contributed by atoms with E-state index in [1.807, 2.05) is 54.6 Å². The van der Waals surface area contributed by atoms with E-state index >= 15 is 0 Å². The summed E-state index contributed by atoms with van der Waals surface area (Å²) in [5, 5.41) is 11.7. The van der Waals surface area contributed by atoms with E-state index in [0.717, 1.165) is 103 Å². The van der Waals surface area contributed by atoms with E-state index in [1.165, 1.54) is 159 Å². The largest absolute Gasteiger partial charge is 0.661 e. The number of rotatable bonds is 29. The Balaban J connectivity index is 0.000000183. The molecule has 9 aromatic rings. The zero-order valence-corrected chi connectivity index (χ0v) is 90.3. The molecule has 15 nitrogen and oxygen atoms in total. The van der Waals surface area contributed by atoms with Gasteiger partial charge in [-0.05, 0) is 317 Å². The maximum absolute atomic E-state index is 13.9. The molecule has 2 heterocycles. The Morgan fingerprint density at radius 3 is 1.44 bits per heavy atom. The average Bonchev–Trinajstić information content (AvgIpc) is 0.816. The van der Waals surface area contributed by atoms with Crippen LogP contribution in [0.3, 0.4) is 0 Å². The number of benzene rings is 9. The fraction of sp³-hybridized carbons (Fsp3) is 0.471. The Morgan fingerprint density at radius 1 is 0.542 bits per heavy atom. The highest BCUT2D eigenvalue weighted by Gasteiger charge is 2.53. The first kappa shape index (κ1) is 116. The molecular weight excluding hydrogens is 1960 g/mol. The Hall–Kier alpha value is -9.71. The van der Waals surface area contributed by atoms with E-state index in [2.05, 4.69) is 254 Å². The SMILES string of the molecule is CC(=O)C(C)(F)C(=O)OCC12CC3CC(CC(C3)C1)C2.CC(C)(C(=O)c1ccc(Oc2ccccc2)cc1)[S+]1CCCC1.CC(F)C(=O)OC1CCC(=O)CC1.CC(F)C(=O)Oc1c(C(C)C)cc(C(C)C)cc1C(C)C.CCOC(=O)C(F)(C#N)C[N-]C.Cc1ccc([S+](c2ccccc2)c2ccccc2)cc1.O=C(C[S+]1CCCC1)c1ccc(C2CCCCC2)cc1.c1ccc([I+]c2ccccc2)cc1. The molecule has 2 saturated heterocycles. The van der Waals surface area contributed by atoms with E-state index in [0.29, 0.717) is 60.6 Å². The van der Waals surface area contributed by atoms with Gasteiger partial charge in [0, 0.05) is 40.3 Å². The van der Waals surface area contributed by atoms with Gasteiger partial charge in [-0.25, -0.2) is 36.7 Å². The van der Waals surface area contributed by atoms with E-state index in [-0.39, 0.29) is 89.3 Å². The fourth-order valence-corrected chi connectivity index (χ4v) is 28.1. The van der Waals surface area contributed by atoms with Crippen molar-refractivity contribution in [2.24, 2.45) is 23.2 Å². The standard InChI is InChI=1S/C20H23O2S.C19H17S.C18H27FO2.C18H25OS.C16H23FO3.C12H10I.C9H13FO3.C7H10FN2O2/c1-20(2,23-14-6-7-15-23)19(21)16-10-12-18(13-11-16)22-17-8-4-3-5-9-17;1-16-12-14-19(15-13-16)20(17-8-4-2-5-9-17)18-10-6-3-7-11-18;1-10(2)14-8-15(11(3)4)17(16(9-14)12(5)6)21-18(20)13(7)19;19-18(14-20-12-4-5-13-20)17-10-8-16(9-11-17)15-6-2-1-3-7-15;1-10(18)15(2,17)14(19)20-9-16-6-11-3-12(7-16)5-13(4-11)8-16;1-3-7-11(8-4-1)13-12-9-5-2-6-10-12;1-6(10)9(12)13-8-4-2-7(11)3-5-8;1-3-12-6(11)7(8,4-9)5-10-2/h3-5,8-13H,6-7,14-15H2,1-2H3;2-15H,1H3;8-13H,1-7H3;8-11,15H,1-7,12-14H2;11-13H,3-9H2,1-2H3;1-10H;6,8H,2-5H2,1H3;3,5H2,1-2H3/q2*+1;;+1;;+1;;-1. The number of Topliss-reactive ketones (excluding diaryl/α,β-unsaturated/α-hetero) is 4. The third-order valence-corrected chi connectivity index (χ3v) is 37.1. The molecule has 8 fully saturated rings. The second-order valence-corrected chi connectivity index (χ2v) is 49.8. The van der Waals surface area contributed by atoms with Gasteiger partial charge in [-0.15, -0.1) is 0 Å². The molecule has 17 rings (SSSR count). The van der Waals surface area contributed by atoms with Gasteiger partial charge in [-0.1, -0.05) is 212 Å². The van der Waals surface area contributed by atoms with Gasteiger partial charge in [0.15, 0.2) is 50.5 Å². The predicted molar refractivity (Wildman–Crippen MR) is 563 cm³/mol. The highest BCUT2D eigenvalue weighted by molar-refractivity contribution is 7.99. The van der Waals surface area contributed by atoms with Crippen LogP contribution in [-0.2, 0) is 75.7 Å². The van der Waals surface area contributed by atoms with Crippen LogP contribution in [0.5, 0.6) is 17.2 Å². The molecule has 142 heavy (non-hydrogen) atoms. The number of alkyl halides is 4. The number of carbonyl (C=O) groups excluding carboxylic acids is 8. The van der Waals surface area contributed by atoms with Gasteiger partial charge in [0.25, 0.3) is 11.3 Å². The summed E-state index contributed by atoms with van der Waals surface area (Å²) in [6.07, 6.45) is 17.8. The van der Waals surface area contributed by atoms with E-state index in [4.69, 9.17) is 24.2 Å². The van der Waals surface area contributed by atoms with Crippen LogP contribution in [0.1, 0.15) is 284 Å². The zero-order chi connectivity index (χ0) is 103. The lowest BCUT2D eigenvalue weighted by Crippen LogP contribution is -3.61. The average molecular weight is 2110 g/mol. The summed E-state index contributed by atoms with van der Waals surface area (Å²) in [6, 6.07) is 83.0. The van der Waals surface area contributed by atoms with Crippen molar-refractivity contribution < 1.29 is 101 Å². The smallest absolute Gasteiger partial charge is 0.357 e. The molecule has 4 bridgehead atoms.